The molecule has 1 aliphatic rings. The number of benzene rings is 3. The van der Waals surface area contributed by atoms with Crippen LogP contribution in [0.15, 0.2) is 91.0 Å². The topological polar surface area (TPSA) is 55.4 Å². The Morgan fingerprint density at radius 3 is 1.70 bits per heavy atom. The molecule has 4 rings (SSSR count). The molecule has 0 aliphatic carbocycles. The van der Waals surface area contributed by atoms with Crippen LogP contribution in [0.25, 0.3) is 0 Å². The van der Waals surface area contributed by atoms with Gasteiger partial charge in [-0.15, -0.1) is 6.42 Å². The van der Waals surface area contributed by atoms with Crippen molar-refractivity contribution in [3.05, 3.63) is 108 Å². The normalized spacial score (nSPS) is 23.4. The van der Waals surface area contributed by atoms with Gasteiger partial charge < -0.3 is 28.4 Å². The van der Waals surface area contributed by atoms with Gasteiger partial charge in [0.25, 0.3) is 0 Å². The molecule has 0 spiro atoms. The van der Waals surface area contributed by atoms with Crippen LogP contribution in [0.4, 0.5) is 0 Å². The van der Waals surface area contributed by atoms with Crippen LogP contribution in [0, 0.1) is 12.3 Å². The Morgan fingerprint density at radius 1 is 0.676 bits per heavy atom. The molecule has 0 unspecified atom stereocenters. The van der Waals surface area contributed by atoms with Crippen LogP contribution in [-0.2, 0) is 48.2 Å². The van der Waals surface area contributed by atoms with E-state index in [1.807, 2.05) is 91.0 Å². The molecular weight excluding hydrogens is 468 g/mol. The predicted octanol–water partition coefficient (Wildman–Crippen LogP) is 4.76. The summed E-state index contributed by atoms with van der Waals surface area (Å²) < 4.78 is 37.0. The largest absolute Gasteiger partial charge is 0.374 e. The highest BCUT2D eigenvalue weighted by Gasteiger charge is 2.48. The molecule has 6 heteroatoms. The Balaban J connectivity index is 1.55. The molecule has 1 heterocycles. The third-order valence-corrected chi connectivity index (χ3v) is 6.15. The van der Waals surface area contributed by atoms with E-state index in [0.717, 1.165) is 16.7 Å². The van der Waals surface area contributed by atoms with Gasteiger partial charge in [-0.25, -0.2) is 0 Å². The number of terminal acetylenes is 1. The van der Waals surface area contributed by atoms with Crippen molar-refractivity contribution in [1.82, 2.24) is 0 Å². The van der Waals surface area contributed by atoms with Gasteiger partial charge in [0.15, 0.2) is 6.29 Å². The standard InChI is InChI=1S/C31H34O6/c1-3-19-34-30-29(36-22-26-17-11-6-12-18-26)28(35-21-25-15-9-5-10-16-25)27(37-31(30)32-2)23-33-20-24-13-7-4-8-14-24/h1,4-18,27-31H,19-23H2,2H3/t27-,28-,29+,30-,31-/m1/s1. The second kappa shape index (κ2) is 14.7. The average molecular weight is 503 g/mol. The second-order valence-electron chi connectivity index (χ2n) is 8.78. The lowest BCUT2D eigenvalue weighted by Gasteiger charge is -2.45. The maximum absolute atomic E-state index is 6.47. The summed E-state index contributed by atoms with van der Waals surface area (Å²) in [6.07, 6.45) is 2.77. The molecule has 3 aromatic carbocycles. The first kappa shape index (κ1) is 27.0. The van der Waals surface area contributed by atoms with Crippen molar-refractivity contribution in [1.29, 1.82) is 0 Å². The number of ether oxygens (including phenoxy) is 6. The van der Waals surface area contributed by atoms with E-state index < -0.39 is 30.7 Å². The Bertz CT molecular complexity index is 1070. The molecule has 3 aromatic rings. The van der Waals surface area contributed by atoms with E-state index in [-0.39, 0.29) is 6.61 Å². The van der Waals surface area contributed by atoms with Crippen molar-refractivity contribution < 1.29 is 28.4 Å². The van der Waals surface area contributed by atoms with Crippen molar-refractivity contribution in [2.45, 2.75) is 50.5 Å². The molecule has 0 amide bonds. The zero-order chi connectivity index (χ0) is 25.7. The molecule has 194 valence electrons. The van der Waals surface area contributed by atoms with Gasteiger partial charge >= 0.3 is 0 Å². The first-order valence-electron chi connectivity index (χ1n) is 12.4. The van der Waals surface area contributed by atoms with Crippen LogP contribution in [0.5, 0.6) is 0 Å². The maximum Gasteiger partial charge on any atom is 0.186 e. The van der Waals surface area contributed by atoms with Crippen molar-refractivity contribution in [2.24, 2.45) is 0 Å². The minimum absolute atomic E-state index is 0.0969. The van der Waals surface area contributed by atoms with Crippen molar-refractivity contribution >= 4 is 0 Å². The van der Waals surface area contributed by atoms with E-state index in [4.69, 9.17) is 34.8 Å². The Labute approximate surface area is 219 Å². The minimum atomic E-state index is -0.698. The van der Waals surface area contributed by atoms with Gasteiger partial charge in [0.1, 0.15) is 31.0 Å². The molecule has 37 heavy (non-hydrogen) atoms. The fourth-order valence-electron chi connectivity index (χ4n) is 4.31. The Morgan fingerprint density at radius 2 is 1.19 bits per heavy atom. The van der Waals surface area contributed by atoms with Gasteiger partial charge in [-0.1, -0.05) is 96.9 Å². The molecule has 1 fully saturated rings. The highest BCUT2D eigenvalue weighted by atomic mass is 16.7. The molecule has 5 atom stereocenters. The average Bonchev–Trinajstić information content (AvgIpc) is 2.96. The summed E-state index contributed by atoms with van der Waals surface area (Å²) in [6, 6.07) is 30.0. The molecule has 1 aliphatic heterocycles. The molecule has 0 N–H and O–H groups in total. The zero-order valence-electron chi connectivity index (χ0n) is 21.1. The summed E-state index contributed by atoms with van der Waals surface area (Å²) in [6.45, 7) is 1.60. The van der Waals surface area contributed by atoms with Gasteiger partial charge in [-0.3, -0.25) is 0 Å². The summed E-state index contributed by atoms with van der Waals surface area (Å²) in [5.41, 5.74) is 3.16. The summed E-state index contributed by atoms with van der Waals surface area (Å²) in [4.78, 5) is 0. The van der Waals surface area contributed by atoms with Gasteiger partial charge in [0.2, 0.25) is 0 Å². The number of rotatable bonds is 13. The van der Waals surface area contributed by atoms with Crippen molar-refractivity contribution in [3.63, 3.8) is 0 Å². The number of hydrogen-bond donors (Lipinski definition) is 0. The maximum atomic E-state index is 6.47. The highest BCUT2D eigenvalue weighted by molar-refractivity contribution is 5.15. The van der Waals surface area contributed by atoms with E-state index in [1.54, 1.807) is 7.11 Å². The van der Waals surface area contributed by atoms with E-state index in [2.05, 4.69) is 5.92 Å². The molecule has 6 nitrogen and oxygen atoms in total. The smallest absolute Gasteiger partial charge is 0.186 e. The fourth-order valence-corrected chi connectivity index (χ4v) is 4.31. The third kappa shape index (κ3) is 7.98. The van der Waals surface area contributed by atoms with Crippen LogP contribution in [-0.4, -0.2) is 51.0 Å². The number of methoxy groups -OCH3 is 1. The lowest BCUT2D eigenvalue weighted by Crippen LogP contribution is -2.61. The summed E-state index contributed by atoms with van der Waals surface area (Å²) >= 11 is 0. The van der Waals surface area contributed by atoms with Crippen LogP contribution in [0.2, 0.25) is 0 Å². The monoisotopic (exact) mass is 502 g/mol. The van der Waals surface area contributed by atoms with E-state index >= 15 is 0 Å². The number of hydrogen-bond acceptors (Lipinski definition) is 6. The second-order valence-corrected chi connectivity index (χ2v) is 8.78. The van der Waals surface area contributed by atoms with Gasteiger partial charge in [0.05, 0.1) is 26.4 Å². The van der Waals surface area contributed by atoms with Crippen LogP contribution < -0.4 is 0 Å². The molecule has 1 saturated heterocycles. The third-order valence-electron chi connectivity index (χ3n) is 6.15. The van der Waals surface area contributed by atoms with Crippen molar-refractivity contribution in [2.75, 3.05) is 20.3 Å². The van der Waals surface area contributed by atoms with Gasteiger partial charge in [0, 0.05) is 7.11 Å². The Hall–Kier alpha value is -3.02. The fraction of sp³-hybridized carbons (Fsp3) is 0.355. The first-order valence-corrected chi connectivity index (χ1v) is 12.4. The summed E-state index contributed by atoms with van der Waals surface area (Å²) in [5.74, 6) is 2.54. The molecule has 0 radical (unpaired) electrons. The van der Waals surface area contributed by atoms with E-state index in [1.165, 1.54) is 0 Å². The van der Waals surface area contributed by atoms with Crippen LogP contribution >= 0.6 is 0 Å². The van der Waals surface area contributed by atoms with Gasteiger partial charge in [-0.05, 0) is 16.7 Å². The van der Waals surface area contributed by atoms with Crippen molar-refractivity contribution in [3.8, 4) is 12.3 Å². The lowest BCUT2D eigenvalue weighted by molar-refractivity contribution is -0.319. The highest BCUT2D eigenvalue weighted by Crippen LogP contribution is 2.30. The summed E-state index contributed by atoms with van der Waals surface area (Å²) in [5, 5.41) is 0. The predicted molar refractivity (Wildman–Crippen MR) is 140 cm³/mol. The molecule has 0 aromatic heterocycles. The van der Waals surface area contributed by atoms with E-state index in [9.17, 15) is 0 Å². The zero-order valence-corrected chi connectivity index (χ0v) is 21.1. The SMILES string of the molecule is C#CCO[C@H]1[C@H](OC)O[C@H](COCc2ccccc2)[C@@H](OCc2ccccc2)[C@@H]1OCc1ccccc1. The first-order chi connectivity index (χ1) is 18.3. The molecule has 0 bridgehead atoms. The van der Waals surface area contributed by atoms with E-state index in [0.29, 0.717) is 26.4 Å². The quantitative estimate of drug-likeness (QED) is 0.314. The van der Waals surface area contributed by atoms with Gasteiger partial charge in [-0.2, -0.15) is 0 Å². The van der Waals surface area contributed by atoms with Crippen LogP contribution in [0.1, 0.15) is 16.7 Å². The summed E-state index contributed by atoms with van der Waals surface area (Å²) in [7, 11) is 1.58. The van der Waals surface area contributed by atoms with Crippen LogP contribution in [0.3, 0.4) is 0 Å². The molecular formula is C31H34O6. The molecule has 0 saturated carbocycles. The lowest BCUT2D eigenvalue weighted by atomic mass is 9.98. The minimum Gasteiger partial charge on any atom is -0.374 e. The Kier molecular flexibility index (Phi) is 10.7.